The van der Waals surface area contributed by atoms with Crippen LogP contribution in [-0.4, -0.2) is 17.1 Å². The number of carbonyl (C=O) groups is 1. The summed E-state index contributed by atoms with van der Waals surface area (Å²) in [5, 5.41) is 10.9. The van der Waals surface area contributed by atoms with Crippen molar-refractivity contribution >= 4 is 22.8 Å². The van der Waals surface area contributed by atoms with E-state index in [2.05, 4.69) is 0 Å². The minimum atomic E-state index is -1.03. The monoisotopic (exact) mass is 227 g/mol. The van der Waals surface area contributed by atoms with Crippen LogP contribution in [0.2, 0.25) is 0 Å². The van der Waals surface area contributed by atoms with Crippen molar-refractivity contribution in [2.45, 2.75) is 6.04 Å². The lowest BCUT2D eigenvalue weighted by atomic mass is 10.0. The average Bonchev–Trinajstić information content (AvgIpc) is 2.35. The van der Waals surface area contributed by atoms with Crippen LogP contribution in [0.1, 0.15) is 5.56 Å². The Kier molecular flexibility index (Phi) is 3.21. The lowest BCUT2D eigenvalue weighted by Crippen LogP contribution is -2.27. The molecular weight excluding hydrogens is 214 g/mol. The van der Waals surface area contributed by atoms with E-state index in [9.17, 15) is 4.79 Å². The summed E-state index contributed by atoms with van der Waals surface area (Å²) in [6.45, 7) is 0. The third-order valence-electron chi connectivity index (χ3n) is 2.59. The number of benzene rings is 2. The van der Waals surface area contributed by atoms with Crippen LogP contribution in [0.3, 0.4) is 0 Å². The zero-order valence-electron chi connectivity index (χ0n) is 9.21. The molecule has 0 aliphatic rings. The number of fused-ring (bicyclic) bond motifs is 1. The molecule has 86 valence electrons. The molecule has 2 rings (SSSR count). The molecule has 0 aromatic heterocycles. The van der Waals surface area contributed by atoms with Crippen LogP contribution in [0.25, 0.3) is 16.8 Å². The molecule has 2 aromatic carbocycles. The molecule has 0 aliphatic carbocycles. The molecule has 3 N–H and O–H groups in total. The first-order valence-electron chi connectivity index (χ1n) is 5.33. The van der Waals surface area contributed by atoms with Crippen molar-refractivity contribution in [2.75, 3.05) is 0 Å². The molecule has 0 bridgehead atoms. The average molecular weight is 227 g/mol. The molecule has 1 unspecified atom stereocenters. The standard InChI is InChI=1S/C14H13NO2/c15-13(14(16)17)9-8-11-6-3-5-10-4-1-2-7-12(10)11/h1-9,13H,15H2,(H,16,17)/b9-8+. The molecule has 0 spiro atoms. The maximum atomic E-state index is 10.6. The highest BCUT2D eigenvalue weighted by Crippen LogP contribution is 2.19. The van der Waals surface area contributed by atoms with E-state index in [0.717, 1.165) is 16.3 Å². The van der Waals surface area contributed by atoms with Crippen LogP contribution in [0.15, 0.2) is 48.5 Å². The maximum Gasteiger partial charge on any atom is 0.324 e. The van der Waals surface area contributed by atoms with Crippen LogP contribution in [0.4, 0.5) is 0 Å². The number of carboxylic acids is 1. The SMILES string of the molecule is NC(/C=C/c1cccc2ccccc12)C(=O)O. The van der Waals surface area contributed by atoms with Crippen molar-refractivity contribution in [1.29, 1.82) is 0 Å². The van der Waals surface area contributed by atoms with Gasteiger partial charge in [-0.3, -0.25) is 4.79 Å². The van der Waals surface area contributed by atoms with Crippen molar-refractivity contribution in [1.82, 2.24) is 0 Å². The third kappa shape index (κ3) is 2.52. The summed E-state index contributed by atoms with van der Waals surface area (Å²) in [7, 11) is 0. The smallest absolute Gasteiger partial charge is 0.324 e. The molecule has 17 heavy (non-hydrogen) atoms. The summed E-state index contributed by atoms with van der Waals surface area (Å²) < 4.78 is 0. The van der Waals surface area contributed by atoms with E-state index in [0.29, 0.717) is 0 Å². The van der Waals surface area contributed by atoms with Crippen molar-refractivity contribution in [2.24, 2.45) is 5.73 Å². The van der Waals surface area contributed by atoms with Crippen LogP contribution >= 0.6 is 0 Å². The van der Waals surface area contributed by atoms with Gasteiger partial charge in [-0.15, -0.1) is 0 Å². The van der Waals surface area contributed by atoms with Crippen molar-refractivity contribution < 1.29 is 9.90 Å². The molecule has 0 saturated carbocycles. The van der Waals surface area contributed by atoms with E-state index < -0.39 is 12.0 Å². The highest BCUT2D eigenvalue weighted by Gasteiger charge is 2.06. The molecule has 3 nitrogen and oxygen atoms in total. The van der Waals surface area contributed by atoms with Crippen LogP contribution in [0, 0.1) is 0 Å². The fraction of sp³-hybridized carbons (Fsp3) is 0.0714. The first-order valence-corrected chi connectivity index (χ1v) is 5.33. The molecule has 0 fully saturated rings. The van der Waals surface area contributed by atoms with Crippen molar-refractivity contribution in [3.8, 4) is 0 Å². The Bertz CT molecular complexity index is 570. The summed E-state index contributed by atoms with van der Waals surface area (Å²) in [5.74, 6) is -1.03. The van der Waals surface area contributed by atoms with E-state index in [1.807, 2.05) is 42.5 Å². The first kappa shape index (κ1) is 11.4. The Morgan fingerprint density at radius 3 is 2.65 bits per heavy atom. The van der Waals surface area contributed by atoms with E-state index in [1.54, 1.807) is 6.08 Å². The fourth-order valence-corrected chi connectivity index (χ4v) is 1.69. The minimum Gasteiger partial charge on any atom is -0.480 e. The number of carboxylic acid groups (broad SMARTS) is 1. The Hall–Kier alpha value is -2.13. The fourth-order valence-electron chi connectivity index (χ4n) is 1.69. The van der Waals surface area contributed by atoms with E-state index in [-0.39, 0.29) is 0 Å². The van der Waals surface area contributed by atoms with Gasteiger partial charge in [0, 0.05) is 0 Å². The second-order valence-electron chi connectivity index (χ2n) is 3.79. The lowest BCUT2D eigenvalue weighted by Gasteiger charge is -2.02. The quantitative estimate of drug-likeness (QED) is 0.845. The largest absolute Gasteiger partial charge is 0.480 e. The van der Waals surface area contributed by atoms with E-state index >= 15 is 0 Å². The van der Waals surface area contributed by atoms with Gasteiger partial charge in [0.15, 0.2) is 0 Å². The molecular formula is C14H13NO2. The van der Waals surface area contributed by atoms with Gasteiger partial charge in [0.05, 0.1) is 0 Å². The van der Waals surface area contributed by atoms with E-state index in [4.69, 9.17) is 10.8 Å². The summed E-state index contributed by atoms with van der Waals surface area (Å²) >= 11 is 0. The van der Waals surface area contributed by atoms with Gasteiger partial charge in [0.25, 0.3) is 0 Å². The van der Waals surface area contributed by atoms with Gasteiger partial charge >= 0.3 is 5.97 Å². The molecule has 0 aliphatic heterocycles. The lowest BCUT2D eigenvalue weighted by molar-refractivity contribution is -0.137. The van der Waals surface area contributed by atoms with Gasteiger partial charge in [-0.1, -0.05) is 54.6 Å². The molecule has 0 amide bonds. The minimum absolute atomic E-state index is 0.964. The van der Waals surface area contributed by atoms with Gasteiger partial charge in [0.1, 0.15) is 6.04 Å². The van der Waals surface area contributed by atoms with Gasteiger partial charge < -0.3 is 10.8 Å². The van der Waals surface area contributed by atoms with Crippen molar-refractivity contribution in [3.05, 3.63) is 54.1 Å². The van der Waals surface area contributed by atoms with Crippen molar-refractivity contribution in [3.63, 3.8) is 0 Å². The molecule has 0 heterocycles. The summed E-state index contributed by atoms with van der Waals surface area (Å²) in [5.41, 5.74) is 6.39. The molecule has 3 heteroatoms. The Labute approximate surface area is 99.2 Å². The number of hydrogen-bond donors (Lipinski definition) is 2. The molecule has 2 aromatic rings. The highest BCUT2D eigenvalue weighted by atomic mass is 16.4. The highest BCUT2D eigenvalue weighted by molar-refractivity contribution is 5.91. The van der Waals surface area contributed by atoms with Gasteiger partial charge in [-0.2, -0.15) is 0 Å². The second kappa shape index (κ2) is 4.80. The predicted octanol–water partition coefficient (Wildman–Crippen LogP) is 2.26. The third-order valence-corrected chi connectivity index (χ3v) is 2.59. The Morgan fingerprint density at radius 2 is 1.88 bits per heavy atom. The molecule has 1 atom stereocenters. The number of aliphatic carboxylic acids is 1. The zero-order valence-corrected chi connectivity index (χ0v) is 9.21. The Morgan fingerprint density at radius 1 is 1.18 bits per heavy atom. The van der Waals surface area contributed by atoms with Crippen LogP contribution < -0.4 is 5.73 Å². The van der Waals surface area contributed by atoms with Gasteiger partial charge in [0.2, 0.25) is 0 Å². The number of nitrogens with two attached hydrogens (primary N) is 1. The van der Waals surface area contributed by atoms with Gasteiger partial charge in [-0.05, 0) is 16.3 Å². The number of rotatable bonds is 3. The first-order chi connectivity index (χ1) is 8.18. The zero-order chi connectivity index (χ0) is 12.3. The predicted molar refractivity (Wildman–Crippen MR) is 68.6 cm³/mol. The van der Waals surface area contributed by atoms with E-state index in [1.165, 1.54) is 6.08 Å². The normalized spacial score (nSPS) is 13.0. The topological polar surface area (TPSA) is 63.3 Å². The maximum absolute atomic E-state index is 10.6. The summed E-state index contributed by atoms with van der Waals surface area (Å²) in [4.78, 5) is 10.6. The molecule has 0 saturated heterocycles. The number of hydrogen-bond acceptors (Lipinski definition) is 2. The van der Waals surface area contributed by atoms with Crippen LogP contribution in [-0.2, 0) is 4.79 Å². The second-order valence-corrected chi connectivity index (χ2v) is 3.79. The molecule has 0 radical (unpaired) electrons. The van der Waals surface area contributed by atoms with Gasteiger partial charge in [-0.25, -0.2) is 0 Å². The summed E-state index contributed by atoms with van der Waals surface area (Å²) in [6.07, 6.45) is 3.24. The van der Waals surface area contributed by atoms with Crippen LogP contribution in [0.5, 0.6) is 0 Å². The summed E-state index contributed by atoms with van der Waals surface area (Å²) in [6, 6.07) is 12.9. The Balaban J connectivity index is 2.39.